The molecule has 2 aromatic carbocycles. The number of rotatable bonds is 8. The van der Waals surface area contributed by atoms with Gasteiger partial charge >= 0.3 is 0 Å². The van der Waals surface area contributed by atoms with Gasteiger partial charge in [0.15, 0.2) is 0 Å². The Morgan fingerprint density at radius 2 is 1.90 bits per heavy atom. The lowest BCUT2D eigenvalue weighted by molar-refractivity contribution is -0.384. The third kappa shape index (κ3) is 5.36. The molecule has 1 aliphatic carbocycles. The van der Waals surface area contributed by atoms with Crippen molar-refractivity contribution in [2.75, 3.05) is 38.2 Å². The number of hydrogen-bond donors (Lipinski definition) is 2. The second-order valence-corrected chi connectivity index (χ2v) is 7.83. The molecule has 1 saturated carbocycles. The minimum atomic E-state index is -0.476. The van der Waals surface area contributed by atoms with Crippen molar-refractivity contribution in [3.63, 3.8) is 0 Å². The van der Waals surface area contributed by atoms with E-state index in [2.05, 4.69) is 15.5 Å². The number of carbonyl (C=O) groups is 1. The van der Waals surface area contributed by atoms with Crippen molar-refractivity contribution in [2.45, 2.75) is 24.9 Å². The van der Waals surface area contributed by atoms with E-state index in [0.717, 1.165) is 18.4 Å². The van der Waals surface area contributed by atoms with Crippen molar-refractivity contribution in [3.8, 4) is 0 Å². The van der Waals surface area contributed by atoms with Crippen molar-refractivity contribution in [1.82, 2.24) is 10.2 Å². The van der Waals surface area contributed by atoms with Crippen LogP contribution in [-0.2, 0) is 4.74 Å². The molecule has 1 heterocycles. The van der Waals surface area contributed by atoms with Crippen LogP contribution in [0.25, 0.3) is 0 Å². The number of nitro groups is 1. The second kappa shape index (κ2) is 9.40. The van der Waals surface area contributed by atoms with Gasteiger partial charge in [0.2, 0.25) is 0 Å². The van der Waals surface area contributed by atoms with Crippen LogP contribution in [0.2, 0.25) is 0 Å². The summed E-state index contributed by atoms with van der Waals surface area (Å²) >= 11 is 0. The molecule has 1 saturated heterocycles. The maximum absolute atomic E-state index is 13.4. The van der Waals surface area contributed by atoms with Crippen molar-refractivity contribution < 1.29 is 18.8 Å². The van der Waals surface area contributed by atoms with Gasteiger partial charge < -0.3 is 15.4 Å². The van der Waals surface area contributed by atoms with Crippen LogP contribution in [0, 0.1) is 15.9 Å². The number of hydrogen-bond acceptors (Lipinski definition) is 6. The van der Waals surface area contributed by atoms with Crippen LogP contribution in [0.3, 0.4) is 0 Å². The monoisotopic (exact) mass is 428 g/mol. The van der Waals surface area contributed by atoms with E-state index in [-0.39, 0.29) is 35.1 Å². The van der Waals surface area contributed by atoms with E-state index in [1.165, 1.54) is 18.2 Å². The number of amides is 1. The first-order valence-electron chi connectivity index (χ1n) is 10.4. The van der Waals surface area contributed by atoms with Gasteiger partial charge in [0, 0.05) is 37.3 Å². The Morgan fingerprint density at radius 3 is 2.55 bits per heavy atom. The lowest BCUT2D eigenvalue weighted by Gasteiger charge is -2.35. The van der Waals surface area contributed by atoms with E-state index in [4.69, 9.17) is 4.74 Å². The van der Waals surface area contributed by atoms with Gasteiger partial charge in [-0.25, -0.2) is 4.39 Å². The third-order valence-corrected chi connectivity index (χ3v) is 5.59. The van der Waals surface area contributed by atoms with E-state index in [9.17, 15) is 19.3 Å². The van der Waals surface area contributed by atoms with Crippen LogP contribution in [0.15, 0.2) is 42.5 Å². The molecule has 0 aromatic heterocycles. The van der Waals surface area contributed by atoms with Gasteiger partial charge in [-0.05, 0) is 42.7 Å². The van der Waals surface area contributed by atoms with Crippen LogP contribution in [-0.4, -0.2) is 54.6 Å². The average Bonchev–Trinajstić information content (AvgIpc) is 3.60. The predicted octanol–water partition coefficient (Wildman–Crippen LogP) is 3.11. The number of ether oxygens (including phenoxy) is 1. The van der Waals surface area contributed by atoms with Crippen LogP contribution in [0.4, 0.5) is 15.8 Å². The molecule has 1 aliphatic heterocycles. The van der Waals surface area contributed by atoms with Gasteiger partial charge in [-0.15, -0.1) is 0 Å². The van der Waals surface area contributed by atoms with E-state index < -0.39 is 4.92 Å². The minimum absolute atomic E-state index is 0.109. The summed E-state index contributed by atoms with van der Waals surface area (Å²) < 4.78 is 18.8. The fraction of sp³-hybridized carbons (Fsp3) is 0.409. The van der Waals surface area contributed by atoms with E-state index in [1.54, 1.807) is 24.3 Å². The van der Waals surface area contributed by atoms with Gasteiger partial charge in [-0.2, -0.15) is 0 Å². The Morgan fingerprint density at radius 1 is 1.19 bits per heavy atom. The summed E-state index contributed by atoms with van der Waals surface area (Å²) in [6, 6.07) is 10.8. The highest BCUT2D eigenvalue weighted by Crippen LogP contribution is 2.31. The molecule has 2 fully saturated rings. The first-order valence-corrected chi connectivity index (χ1v) is 10.4. The summed E-state index contributed by atoms with van der Waals surface area (Å²) in [4.78, 5) is 26.0. The van der Waals surface area contributed by atoms with Crippen LogP contribution in [0.5, 0.6) is 0 Å². The molecule has 0 radical (unpaired) electrons. The maximum Gasteiger partial charge on any atom is 0.293 e. The van der Waals surface area contributed by atoms with Gasteiger partial charge in [-0.1, -0.05) is 12.1 Å². The Hall–Kier alpha value is -3.04. The van der Waals surface area contributed by atoms with Gasteiger partial charge in [0.05, 0.1) is 24.2 Å². The van der Waals surface area contributed by atoms with Crippen molar-refractivity contribution >= 4 is 17.3 Å². The van der Waals surface area contributed by atoms with E-state index in [1.807, 2.05) is 0 Å². The van der Waals surface area contributed by atoms with Crippen LogP contribution >= 0.6 is 0 Å². The number of nitrogens with one attached hydrogen (secondary N) is 2. The van der Waals surface area contributed by atoms with Crippen LogP contribution in [0.1, 0.15) is 34.8 Å². The van der Waals surface area contributed by atoms with Crippen molar-refractivity contribution in [2.24, 2.45) is 0 Å². The molecule has 1 atom stereocenters. The first-order chi connectivity index (χ1) is 15.0. The molecule has 31 heavy (non-hydrogen) atoms. The lowest BCUT2D eigenvalue weighted by Crippen LogP contribution is -2.43. The molecule has 0 unspecified atom stereocenters. The molecule has 164 valence electrons. The summed E-state index contributed by atoms with van der Waals surface area (Å²) in [7, 11) is 0. The first kappa shape index (κ1) is 21.2. The molecule has 0 spiro atoms. The van der Waals surface area contributed by atoms with Crippen molar-refractivity contribution in [1.29, 1.82) is 0 Å². The molecule has 1 amide bonds. The Kier molecular flexibility index (Phi) is 6.43. The highest BCUT2D eigenvalue weighted by atomic mass is 19.1. The summed E-state index contributed by atoms with van der Waals surface area (Å²) in [6.07, 6.45) is 1.98. The normalized spacial score (nSPS) is 17.7. The molecule has 2 aliphatic rings. The summed E-state index contributed by atoms with van der Waals surface area (Å²) in [5, 5.41) is 17.5. The number of halogens is 1. The van der Waals surface area contributed by atoms with Crippen molar-refractivity contribution in [3.05, 3.63) is 69.5 Å². The number of anilines is 1. The van der Waals surface area contributed by atoms with Gasteiger partial charge in [0.25, 0.3) is 11.6 Å². The Balaban J connectivity index is 1.48. The fourth-order valence-electron chi connectivity index (χ4n) is 3.72. The highest BCUT2D eigenvalue weighted by molar-refractivity contribution is 5.95. The Labute approximate surface area is 179 Å². The number of nitro benzene ring substituents is 1. The van der Waals surface area contributed by atoms with Gasteiger partial charge in [0.1, 0.15) is 11.5 Å². The van der Waals surface area contributed by atoms with Gasteiger partial charge in [-0.3, -0.25) is 19.8 Å². The maximum atomic E-state index is 13.4. The number of morpholine rings is 1. The number of carbonyl (C=O) groups excluding carboxylic acids is 1. The molecule has 9 heteroatoms. The summed E-state index contributed by atoms with van der Waals surface area (Å²) in [6.45, 7) is 2.87. The molecular weight excluding hydrogens is 403 g/mol. The smallest absolute Gasteiger partial charge is 0.293 e. The highest BCUT2D eigenvalue weighted by Gasteiger charge is 2.27. The zero-order valence-corrected chi connectivity index (χ0v) is 17.1. The number of nitrogens with zero attached hydrogens (tertiary/aromatic N) is 2. The van der Waals surface area contributed by atoms with E-state index in [0.29, 0.717) is 38.5 Å². The quantitative estimate of drug-likeness (QED) is 0.495. The van der Waals surface area contributed by atoms with E-state index >= 15 is 0 Å². The minimum Gasteiger partial charge on any atom is -0.379 e. The average molecular weight is 428 g/mol. The predicted molar refractivity (Wildman–Crippen MR) is 114 cm³/mol. The molecule has 2 N–H and O–H groups in total. The SMILES string of the molecule is O=C(NC[C@H](c1ccc(F)cc1)N1CCOCC1)c1ccc(NC2CC2)c([N+](=O)[O-])c1. The third-order valence-electron chi connectivity index (χ3n) is 5.59. The Bertz CT molecular complexity index is 943. The molecule has 0 bridgehead atoms. The number of benzene rings is 2. The lowest BCUT2D eigenvalue weighted by atomic mass is 10.0. The topological polar surface area (TPSA) is 96.7 Å². The fourth-order valence-corrected chi connectivity index (χ4v) is 3.72. The summed E-state index contributed by atoms with van der Waals surface area (Å²) in [5.74, 6) is -0.706. The largest absolute Gasteiger partial charge is 0.379 e. The molecular formula is C22H25FN4O4. The standard InChI is InChI=1S/C22H25FN4O4/c23-17-4-1-15(2-5-17)21(26-9-11-31-12-10-26)14-24-22(28)16-3-8-19(25-18-6-7-18)20(13-16)27(29)30/h1-5,8,13,18,21,25H,6-7,9-12,14H2,(H,24,28)/t21-/m1/s1. The molecule has 4 rings (SSSR count). The zero-order chi connectivity index (χ0) is 21.8. The molecule has 8 nitrogen and oxygen atoms in total. The summed E-state index contributed by atoms with van der Waals surface area (Å²) in [5.41, 5.74) is 1.44. The zero-order valence-electron chi connectivity index (χ0n) is 17.1. The van der Waals surface area contributed by atoms with Crippen LogP contribution < -0.4 is 10.6 Å². The molecule has 2 aromatic rings. The second-order valence-electron chi connectivity index (χ2n) is 7.83.